The van der Waals surface area contributed by atoms with Gasteiger partial charge in [-0.3, -0.25) is 0 Å². The van der Waals surface area contributed by atoms with Crippen molar-refractivity contribution in [2.45, 2.75) is 80.6 Å². The Morgan fingerprint density at radius 1 is 0.719 bits per heavy atom. The molecule has 0 spiro atoms. The van der Waals surface area contributed by atoms with Gasteiger partial charge in [0.15, 0.2) is 0 Å². The predicted octanol–water partition coefficient (Wildman–Crippen LogP) is 8.72. The number of benzene rings is 1. The van der Waals surface area contributed by atoms with Crippen LogP contribution in [0.3, 0.4) is 0 Å². The molecule has 3 heteroatoms. The molecule has 0 heterocycles. The number of allylic oxidation sites excluding steroid dienone is 6. The highest BCUT2D eigenvalue weighted by Crippen LogP contribution is 2.36. The Morgan fingerprint density at radius 3 is 1.50 bits per heavy atom. The van der Waals surface area contributed by atoms with Gasteiger partial charge in [-0.05, 0) is 96.1 Å². The molecular formula is C29H39N3. The number of nitriles is 3. The molecule has 0 amide bonds. The second-order valence-electron chi connectivity index (χ2n) is 7.62. The topological polar surface area (TPSA) is 71.4 Å². The fraction of sp³-hybridized carbons (Fsp3) is 0.483. The second kappa shape index (κ2) is 16.6. The molecule has 0 saturated heterocycles. The van der Waals surface area contributed by atoms with Crippen LogP contribution in [0.1, 0.15) is 97.3 Å². The van der Waals surface area contributed by atoms with E-state index in [0.717, 1.165) is 65.5 Å². The third-order valence-corrected chi connectivity index (χ3v) is 5.77. The summed E-state index contributed by atoms with van der Waals surface area (Å²) < 4.78 is 0. The maximum absolute atomic E-state index is 9.47. The Labute approximate surface area is 196 Å². The quantitative estimate of drug-likeness (QED) is 0.349. The van der Waals surface area contributed by atoms with Gasteiger partial charge in [0.25, 0.3) is 0 Å². The van der Waals surface area contributed by atoms with E-state index in [1.807, 2.05) is 20.8 Å². The van der Waals surface area contributed by atoms with E-state index in [0.29, 0.717) is 5.92 Å². The van der Waals surface area contributed by atoms with E-state index >= 15 is 0 Å². The van der Waals surface area contributed by atoms with Gasteiger partial charge in [-0.15, -0.1) is 0 Å². The van der Waals surface area contributed by atoms with E-state index in [9.17, 15) is 10.5 Å². The molecule has 0 radical (unpaired) electrons. The average molecular weight is 430 g/mol. The molecule has 3 nitrogen and oxygen atoms in total. The van der Waals surface area contributed by atoms with Crippen LogP contribution >= 0.6 is 0 Å². The van der Waals surface area contributed by atoms with Crippen molar-refractivity contribution >= 4 is 16.7 Å². The van der Waals surface area contributed by atoms with Gasteiger partial charge in [-0.1, -0.05) is 48.0 Å². The van der Waals surface area contributed by atoms with Crippen molar-refractivity contribution in [1.29, 1.82) is 15.8 Å². The van der Waals surface area contributed by atoms with Crippen LogP contribution in [0.2, 0.25) is 0 Å². The third-order valence-electron chi connectivity index (χ3n) is 5.77. The van der Waals surface area contributed by atoms with E-state index in [1.54, 1.807) is 18.2 Å². The molecule has 0 aliphatic heterocycles. The summed E-state index contributed by atoms with van der Waals surface area (Å²) in [6.45, 7) is 14.5. The number of hydrogen-bond acceptors (Lipinski definition) is 3. The molecule has 1 unspecified atom stereocenters. The maximum Gasteiger partial charge on any atom is 0.0915 e. The zero-order chi connectivity index (χ0) is 24.5. The zero-order valence-electron chi connectivity index (χ0n) is 21.0. The van der Waals surface area contributed by atoms with Gasteiger partial charge in [0.1, 0.15) is 0 Å². The van der Waals surface area contributed by atoms with Gasteiger partial charge in [-0.25, -0.2) is 0 Å². The standard InChI is InChI=1S/C27H33N3.C2H6/c1-6-10-22(9-4)27(13-16-30)25-18-23(20(5)11-14-28)17-24(19-25)26(12-15-29)21(7-2)8-3;1-2/h11-13,17-19,21-22H,6-10H2,1-5H3;1-2H3/b20-11+,26-12+,27-13+;. The summed E-state index contributed by atoms with van der Waals surface area (Å²) in [5.41, 5.74) is 5.89. The lowest BCUT2D eigenvalue weighted by atomic mass is 9.82. The van der Waals surface area contributed by atoms with E-state index in [-0.39, 0.29) is 5.92 Å². The van der Waals surface area contributed by atoms with Crippen molar-refractivity contribution in [2.75, 3.05) is 0 Å². The zero-order valence-corrected chi connectivity index (χ0v) is 21.0. The van der Waals surface area contributed by atoms with E-state index in [2.05, 4.69) is 64.1 Å². The van der Waals surface area contributed by atoms with Crippen molar-refractivity contribution in [2.24, 2.45) is 11.8 Å². The summed E-state index contributed by atoms with van der Waals surface area (Å²) >= 11 is 0. The average Bonchev–Trinajstić information content (AvgIpc) is 2.82. The Hall–Kier alpha value is -3.09. The Balaban J connectivity index is 0.00000466. The minimum atomic E-state index is 0.286. The van der Waals surface area contributed by atoms with Gasteiger partial charge in [0.2, 0.25) is 0 Å². The van der Waals surface area contributed by atoms with Crippen molar-refractivity contribution in [3.63, 3.8) is 0 Å². The molecule has 32 heavy (non-hydrogen) atoms. The first-order chi connectivity index (χ1) is 15.5. The van der Waals surface area contributed by atoms with Crippen LogP contribution in [0.4, 0.5) is 0 Å². The highest BCUT2D eigenvalue weighted by molar-refractivity contribution is 5.80. The third kappa shape index (κ3) is 8.21. The Bertz CT molecular complexity index is 923. The van der Waals surface area contributed by atoms with E-state index in [1.165, 1.54) is 0 Å². The summed E-state index contributed by atoms with van der Waals surface area (Å²) in [6, 6.07) is 12.8. The second-order valence-corrected chi connectivity index (χ2v) is 7.62. The van der Waals surface area contributed by atoms with Crippen LogP contribution < -0.4 is 0 Å². The molecule has 0 aliphatic carbocycles. The highest BCUT2D eigenvalue weighted by Gasteiger charge is 2.19. The molecular weight excluding hydrogens is 390 g/mol. The van der Waals surface area contributed by atoms with Crippen LogP contribution in [0, 0.1) is 45.8 Å². The fourth-order valence-corrected chi connectivity index (χ4v) is 4.04. The van der Waals surface area contributed by atoms with Gasteiger partial charge in [-0.2, -0.15) is 15.8 Å². The minimum absolute atomic E-state index is 0.286. The molecule has 0 bridgehead atoms. The summed E-state index contributed by atoms with van der Waals surface area (Å²) in [4.78, 5) is 0. The highest BCUT2D eigenvalue weighted by atomic mass is 14.3. The lowest BCUT2D eigenvalue weighted by Crippen LogP contribution is -2.06. The van der Waals surface area contributed by atoms with Crippen molar-refractivity contribution in [3.8, 4) is 18.2 Å². The lowest BCUT2D eigenvalue weighted by Gasteiger charge is -2.22. The molecule has 170 valence electrons. The van der Waals surface area contributed by atoms with Crippen LogP contribution in [0.5, 0.6) is 0 Å². The van der Waals surface area contributed by atoms with Crippen LogP contribution in [0.15, 0.2) is 36.4 Å². The molecule has 1 atom stereocenters. The monoisotopic (exact) mass is 429 g/mol. The summed E-state index contributed by atoms with van der Waals surface area (Å²) in [5, 5.41) is 28.0. The fourth-order valence-electron chi connectivity index (χ4n) is 4.04. The normalized spacial score (nSPS) is 12.8. The van der Waals surface area contributed by atoms with Crippen LogP contribution in [0.25, 0.3) is 16.7 Å². The summed E-state index contributed by atoms with van der Waals surface area (Å²) in [7, 11) is 0. The number of rotatable bonds is 10. The van der Waals surface area contributed by atoms with Gasteiger partial charge in [0, 0.05) is 18.2 Å². The Kier molecular flexibility index (Phi) is 15.0. The van der Waals surface area contributed by atoms with E-state index < -0.39 is 0 Å². The van der Waals surface area contributed by atoms with Crippen molar-refractivity contribution in [1.82, 2.24) is 0 Å². The molecule has 0 N–H and O–H groups in total. The first-order valence-corrected chi connectivity index (χ1v) is 11.9. The summed E-state index contributed by atoms with van der Waals surface area (Å²) in [6.07, 6.45) is 9.79. The first kappa shape index (κ1) is 28.9. The van der Waals surface area contributed by atoms with E-state index in [4.69, 9.17) is 5.26 Å². The molecule has 0 saturated carbocycles. The largest absolute Gasteiger partial charge is 0.193 e. The first-order valence-electron chi connectivity index (χ1n) is 11.9. The van der Waals surface area contributed by atoms with Gasteiger partial charge < -0.3 is 0 Å². The van der Waals surface area contributed by atoms with Crippen molar-refractivity contribution in [3.05, 3.63) is 53.1 Å². The van der Waals surface area contributed by atoms with Crippen molar-refractivity contribution < 1.29 is 0 Å². The molecule has 0 aromatic heterocycles. The molecule has 1 aromatic carbocycles. The van der Waals surface area contributed by atoms with Gasteiger partial charge in [0.05, 0.1) is 18.2 Å². The lowest BCUT2D eigenvalue weighted by molar-refractivity contribution is 0.578. The maximum atomic E-state index is 9.47. The molecule has 1 aromatic rings. The molecule has 1 rings (SSSR count). The summed E-state index contributed by atoms with van der Waals surface area (Å²) in [5.74, 6) is 0.587. The predicted molar refractivity (Wildman–Crippen MR) is 137 cm³/mol. The smallest absolute Gasteiger partial charge is 0.0915 e. The number of nitrogens with zero attached hydrogens (tertiary/aromatic N) is 3. The van der Waals surface area contributed by atoms with Crippen LogP contribution in [-0.4, -0.2) is 0 Å². The number of hydrogen-bond donors (Lipinski definition) is 0. The molecule has 0 aliphatic rings. The molecule has 0 fully saturated rings. The minimum Gasteiger partial charge on any atom is -0.193 e. The van der Waals surface area contributed by atoms with Gasteiger partial charge >= 0.3 is 0 Å². The Morgan fingerprint density at radius 2 is 1.12 bits per heavy atom. The van der Waals surface area contributed by atoms with Crippen LogP contribution in [-0.2, 0) is 0 Å². The SMILES string of the molecule is CC.CCCC(CC)/C(=C\C#N)c1cc(/C(C)=C/C#N)cc(/C(=C/C#N)C(CC)CC)c1.